The average Bonchev–Trinajstić information content (AvgIpc) is 2.63. The molecule has 1 heterocycles. The van der Waals surface area contributed by atoms with Gasteiger partial charge in [-0.15, -0.1) is 0 Å². The summed E-state index contributed by atoms with van der Waals surface area (Å²) in [4.78, 5) is 22.7. The molecule has 96 valence electrons. The van der Waals surface area contributed by atoms with Gasteiger partial charge >= 0.3 is 11.9 Å². The van der Waals surface area contributed by atoms with Gasteiger partial charge in [0.25, 0.3) is 0 Å². The molecular formula is C11H16O6. The molecule has 0 radical (unpaired) electrons. The Bertz CT molecular complexity index is 326. The van der Waals surface area contributed by atoms with Crippen LogP contribution in [0.5, 0.6) is 0 Å². The van der Waals surface area contributed by atoms with Gasteiger partial charge in [-0.25, -0.2) is 9.59 Å². The van der Waals surface area contributed by atoms with Gasteiger partial charge in [-0.05, 0) is 19.9 Å². The van der Waals surface area contributed by atoms with Crippen molar-refractivity contribution in [1.29, 1.82) is 0 Å². The van der Waals surface area contributed by atoms with Gasteiger partial charge in [0, 0.05) is 0 Å². The Kier molecular flexibility index (Phi) is 4.25. The molecule has 1 atom stereocenters. The highest BCUT2D eigenvalue weighted by Gasteiger charge is 2.33. The Morgan fingerprint density at radius 2 is 1.76 bits per heavy atom. The predicted octanol–water partition coefficient (Wildman–Crippen LogP) is 0.410. The molecule has 0 aromatic carbocycles. The number of carbonyl (C=O) groups is 2. The molecule has 0 aromatic heterocycles. The first-order chi connectivity index (χ1) is 7.89. The molecule has 0 aliphatic carbocycles. The quantitative estimate of drug-likeness (QED) is 0.310. The molecule has 0 spiro atoms. The second-order valence-corrected chi connectivity index (χ2v) is 3.93. The number of methoxy groups -OCH3 is 2. The molecule has 1 saturated heterocycles. The summed E-state index contributed by atoms with van der Waals surface area (Å²) in [7, 11) is 2.38. The zero-order chi connectivity index (χ0) is 13.1. The van der Waals surface area contributed by atoms with Crippen molar-refractivity contribution >= 4 is 11.9 Å². The lowest BCUT2D eigenvalue weighted by Gasteiger charge is -2.16. The summed E-state index contributed by atoms with van der Waals surface area (Å²) in [5, 5.41) is 0. The van der Waals surface area contributed by atoms with Gasteiger partial charge < -0.3 is 18.9 Å². The minimum absolute atomic E-state index is 0.193. The molecule has 1 rings (SSSR count). The van der Waals surface area contributed by atoms with Crippen LogP contribution in [0.1, 0.15) is 13.8 Å². The molecule has 1 fully saturated rings. The van der Waals surface area contributed by atoms with Crippen molar-refractivity contribution in [2.45, 2.75) is 25.7 Å². The molecule has 0 aromatic rings. The molecule has 0 saturated carbocycles. The molecule has 6 nitrogen and oxygen atoms in total. The minimum atomic E-state index is -0.759. The number of ether oxygens (including phenoxy) is 4. The third kappa shape index (κ3) is 3.54. The van der Waals surface area contributed by atoms with Crippen LogP contribution in [0.25, 0.3) is 0 Å². The molecule has 1 aliphatic heterocycles. The fourth-order valence-electron chi connectivity index (χ4n) is 1.42. The highest BCUT2D eigenvalue weighted by molar-refractivity contribution is 6.14. The van der Waals surface area contributed by atoms with E-state index in [-0.39, 0.29) is 12.2 Å². The smallest absolute Gasteiger partial charge is 0.345 e. The zero-order valence-corrected chi connectivity index (χ0v) is 10.3. The van der Waals surface area contributed by atoms with E-state index in [9.17, 15) is 9.59 Å². The van der Waals surface area contributed by atoms with Crippen molar-refractivity contribution in [2.75, 3.05) is 20.8 Å². The topological polar surface area (TPSA) is 71.1 Å². The van der Waals surface area contributed by atoms with Crippen molar-refractivity contribution in [2.24, 2.45) is 0 Å². The van der Waals surface area contributed by atoms with Gasteiger partial charge in [-0.2, -0.15) is 0 Å². The Morgan fingerprint density at radius 3 is 2.12 bits per heavy atom. The van der Waals surface area contributed by atoms with E-state index in [1.54, 1.807) is 13.8 Å². The summed E-state index contributed by atoms with van der Waals surface area (Å²) in [5.74, 6) is -2.24. The predicted molar refractivity (Wildman–Crippen MR) is 57.0 cm³/mol. The lowest BCUT2D eigenvalue weighted by Crippen LogP contribution is -2.22. The third-order valence-electron chi connectivity index (χ3n) is 2.19. The van der Waals surface area contributed by atoms with E-state index in [2.05, 4.69) is 9.47 Å². The molecule has 0 bridgehead atoms. The van der Waals surface area contributed by atoms with Gasteiger partial charge in [0.05, 0.1) is 20.8 Å². The standard InChI is InChI=1S/C11H16O6/c1-11(2)16-6-7(17-11)5-8(9(12)14-3)10(13)15-4/h5,7H,6H2,1-4H3/t7-/m1/s1. The maximum absolute atomic E-state index is 11.4. The highest BCUT2D eigenvalue weighted by Crippen LogP contribution is 2.23. The Balaban J connectivity index is 2.84. The van der Waals surface area contributed by atoms with E-state index in [1.165, 1.54) is 20.3 Å². The van der Waals surface area contributed by atoms with Gasteiger partial charge in [0.2, 0.25) is 0 Å². The van der Waals surface area contributed by atoms with E-state index >= 15 is 0 Å². The van der Waals surface area contributed by atoms with Crippen LogP contribution in [0.3, 0.4) is 0 Å². The molecule has 0 amide bonds. The van der Waals surface area contributed by atoms with Crippen molar-refractivity contribution < 1.29 is 28.5 Å². The van der Waals surface area contributed by atoms with Gasteiger partial charge in [-0.1, -0.05) is 0 Å². The fraction of sp³-hybridized carbons (Fsp3) is 0.636. The first kappa shape index (κ1) is 13.7. The maximum Gasteiger partial charge on any atom is 0.345 e. The second-order valence-electron chi connectivity index (χ2n) is 3.93. The molecule has 6 heteroatoms. The number of carbonyl (C=O) groups excluding carboxylic acids is 2. The van der Waals surface area contributed by atoms with Crippen LogP contribution >= 0.6 is 0 Å². The summed E-state index contributed by atoms with van der Waals surface area (Å²) < 4.78 is 19.8. The molecule has 0 unspecified atom stereocenters. The summed E-state index contributed by atoms with van der Waals surface area (Å²) in [6, 6.07) is 0. The Labute approximate surface area is 99.5 Å². The summed E-state index contributed by atoms with van der Waals surface area (Å²) in [6.07, 6.45) is 0.880. The number of rotatable bonds is 3. The zero-order valence-electron chi connectivity index (χ0n) is 10.3. The van der Waals surface area contributed by atoms with Gasteiger partial charge in [0.15, 0.2) is 5.79 Å². The molecular weight excluding hydrogens is 228 g/mol. The lowest BCUT2D eigenvalue weighted by atomic mass is 10.2. The number of hydrogen-bond donors (Lipinski definition) is 0. The van der Waals surface area contributed by atoms with Crippen molar-refractivity contribution in [3.63, 3.8) is 0 Å². The molecule has 17 heavy (non-hydrogen) atoms. The normalized spacial score (nSPS) is 21.8. The Morgan fingerprint density at radius 1 is 1.24 bits per heavy atom. The van der Waals surface area contributed by atoms with Crippen LogP contribution in [0.15, 0.2) is 11.6 Å². The van der Waals surface area contributed by atoms with Crippen LogP contribution in [-0.2, 0) is 28.5 Å². The van der Waals surface area contributed by atoms with Crippen LogP contribution in [0.4, 0.5) is 0 Å². The summed E-state index contributed by atoms with van der Waals surface area (Å²) >= 11 is 0. The van der Waals surface area contributed by atoms with Crippen LogP contribution in [-0.4, -0.2) is 44.7 Å². The first-order valence-corrected chi connectivity index (χ1v) is 5.10. The van der Waals surface area contributed by atoms with Crippen molar-refractivity contribution in [3.8, 4) is 0 Å². The van der Waals surface area contributed by atoms with E-state index in [0.29, 0.717) is 0 Å². The van der Waals surface area contributed by atoms with E-state index in [4.69, 9.17) is 9.47 Å². The number of hydrogen-bond acceptors (Lipinski definition) is 6. The van der Waals surface area contributed by atoms with Crippen LogP contribution in [0.2, 0.25) is 0 Å². The Hall–Kier alpha value is -1.40. The maximum atomic E-state index is 11.4. The lowest BCUT2D eigenvalue weighted by molar-refractivity contribution is -0.145. The second kappa shape index (κ2) is 5.29. The fourth-order valence-corrected chi connectivity index (χ4v) is 1.42. The monoisotopic (exact) mass is 244 g/mol. The first-order valence-electron chi connectivity index (χ1n) is 5.10. The van der Waals surface area contributed by atoms with Gasteiger partial charge in [0.1, 0.15) is 11.7 Å². The average molecular weight is 244 g/mol. The summed E-state index contributed by atoms with van der Waals surface area (Å²) in [5.41, 5.74) is -0.193. The van der Waals surface area contributed by atoms with Crippen LogP contribution in [0, 0.1) is 0 Å². The van der Waals surface area contributed by atoms with E-state index in [1.807, 2.05) is 0 Å². The third-order valence-corrected chi connectivity index (χ3v) is 2.19. The minimum Gasteiger partial charge on any atom is -0.465 e. The molecule has 1 aliphatic rings. The SMILES string of the molecule is COC(=O)C(=C[C@@H]1COC(C)(C)O1)C(=O)OC. The van der Waals surface area contributed by atoms with Gasteiger partial charge in [-0.3, -0.25) is 0 Å². The number of esters is 2. The summed E-state index contributed by atoms with van der Waals surface area (Å²) in [6.45, 7) is 3.76. The highest BCUT2D eigenvalue weighted by atomic mass is 16.7. The van der Waals surface area contributed by atoms with E-state index in [0.717, 1.165) is 0 Å². The molecule has 0 N–H and O–H groups in total. The van der Waals surface area contributed by atoms with Crippen molar-refractivity contribution in [3.05, 3.63) is 11.6 Å². The van der Waals surface area contributed by atoms with Crippen molar-refractivity contribution in [1.82, 2.24) is 0 Å². The van der Waals surface area contributed by atoms with E-state index < -0.39 is 23.8 Å². The van der Waals surface area contributed by atoms with Crippen LogP contribution < -0.4 is 0 Å². The largest absolute Gasteiger partial charge is 0.465 e.